The lowest BCUT2D eigenvalue weighted by molar-refractivity contribution is -0.140. The van der Waals surface area contributed by atoms with Crippen LogP contribution >= 0.6 is 11.3 Å². The van der Waals surface area contributed by atoms with Crippen LogP contribution in [0.25, 0.3) is 15.9 Å². The predicted octanol–water partition coefficient (Wildman–Crippen LogP) is 5.12. The molecule has 1 atom stereocenters. The Bertz CT molecular complexity index is 1240. The number of hydrogen-bond donors (Lipinski definition) is 1. The summed E-state index contributed by atoms with van der Waals surface area (Å²) in [6, 6.07) is 9.47. The number of hydrogen-bond acceptors (Lipinski definition) is 4. The Balaban J connectivity index is 1.70. The number of halogens is 3. The third-order valence-electron chi connectivity index (χ3n) is 4.98. The summed E-state index contributed by atoms with van der Waals surface area (Å²) in [5, 5.41) is 10.9. The molecule has 0 saturated carbocycles. The van der Waals surface area contributed by atoms with Crippen LogP contribution in [0.1, 0.15) is 46.5 Å². The van der Waals surface area contributed by atoms with E-state index in [4.69, 9.17) is 0 Å². The van der Waals surface area contributed by atoms with E-state index in [1.807, 2.05) is 27.0 Å². The van der Waals surface area contributed by atoms with Gasteiger partial charge in [0.1, 0.15) is 4.83 Å². The van der Waals surface area contributed by atoms with E-state index in [1.165, 1.54) is 10.7 Å². The van der Waals surface area contributed by atoms with Gasteiger partial charge in [-0.25, -0.2) is 4.68 Å². The summed E-state index contributed by atoms with van der Waals surface area (Å²) >= 11 is 0.982. The van der Waals surface area contributed by atoms with Crippen LogP contribution in [0.4, 0.5) is 13.2 Å². The highest BCUT2D eigenvalue weighted by atomic mass is 32.1. The maximum atomic E-state index is 13.6. The maximum Gasteiger partial charge on any atom is 0.435 e. The highest BCUT2D eigenvalue weighted by molar-refractivity contribution is 7.20. The van der Waals surface area contributed by atoms with Gasteiger partial charge in [0, 0.05) is 23.7 Å². The van der Waals surface area contributed by atoms with E-state index in [0.29, 0.717) is 12.2 Å². The molecule has 6 nitrogen and oxygen atoms in total. The lowest BCUT2D eigenvalue weighted by atomic mass is 10.1. The number of nitrogens with one attached hydrogen (secondary N) is 1. The Morgan fingerprint density at radius 3 is 2.55 bits per heavy atom. The molecule has 162 valence electrons. The number of rotatable bonds is 5. The van der Waals surface area contributed by atoms with Gasteiger partial charge in [0.15, 0.2) is 5.69 Å². The third kappa shape index (κ3) is 3.95. The first kappa shape index (κ1) is 21.1. The van der Waals surface area contributed by atoms with Crippen LogP contribution in [0.5, 0.6) is 0 Å². The highest BCUT2D eigenvalue weighted by Crippen LogP contribution is 2.39. The van der Waals surface area contributed by atoms with Gasteiger partial charge in [-0.2, -0.15) is 23.4 Å². The van der Waals surface area contributed by atoms with Crippen LogP contribution in [0, 0.1) is 6.92 Å². The average Bonchev–Trinajstić information content (AvgIpc) is 3.40. The van der Waals surface area contributed by atoms with Crippen molar-refractivity contribution in [2.75, 3.05) is 0 Å². The van der Waals surface area contributed by atoms with E-state index < -0.39 is 17.8 Å². The van der Waals surface area contributed by atoms with E-state index in [-0.39, 0.29) is 21.1 Å². The second-order valence-corrected chi connectivity index (χ2v) is 8.17. The van der Waals surface area contributed by atoms with Crippen molar-refractivity contribution in [1.82, 2.24) is 24.9 Å². The number of alkyl halides is 3. The number of aromatic nitrogens is 4. The first-order valence-corrected chi connectivity index (χ1v) is 10.5. The molecule has 1 aromatic carbocycles. The maximum absolute atomic E-state index is 13.6. The smallest absolute Gasteiger partial charge is 0.345 e. The monoisotopic (exact) mass is 447 g/mol. The van der Waals surface area contributed by atoms with Crippen LogP contribution in [0.2, 0.25) is 0 Å². The molecule has 1 N–H and O–H groups in total. The standard InChI is InChI=1S/C21H20F3N5OS/c1-4-28-11-16(13(3)26-28)12(2)25-19(30)17-10-15-18(21(22,23)24)27-29(20(15)31-17)14-8-6-5-7-9-14/h5-12H,4H2,1-3H3,(H,25,30). The van der Waals surface area contributed by atoms with Gasteiger partial charge in [0.2, 0.25) is 0 Å². The van der Waals surface area contributed by atoms with Crippen LogP contribution < -0.4 is 5.32 Å². The van der Waals surface area contributed by atoms with E-state index in [0.717, 1.165) is 22.6 Å². The second-order valence-electron chi connectivity index (χ2n) is 7.14. The van der Waals surface area contributed by atoms with Gasteiger partial charge >= 0.3 is 6.18 Å². The number of fused-ring (bicyclic) bond motifs is 1. The summed E-state index contributed by atoms with van der Waals surface area (Å²) in [6.45, 7) is 6.34. The van der Waals surface area contributed by atoms with Crippen molar-refractivity contribution < 1.29 is 18.0 Å². The fourth-order valence-corrected chi connectivity index (χ4v) is 4.47. The molecule has 3 aromatic heterocycles. The fourth-order valence-electron chi connectivity index (χ4n) is 3.44. The molecule has 10 heteroatoms. The molecule has 31 heavy (non-hydrogen) atoms. The summed E-state index contributed by atoms with van der Waals surface area (Å²) < 4.78 is 43.8. The van der Waals surface area contributed by atoms with Crippen molar-refractivity contribution in [3.63, 3.8) is 0 Å². The van der Waals surface area contributed by atoms with Gasteiger partial charge < -0.3 is 5.32 Å². The molecule has 0 aliphatic carbocycles. The zero-order valence-corrected chi connectivity index (χ0v) is 17.9. The minimum absolute atomic E-state index is 0.0888. The summed E-state index contributed by atoms with van der Waals surface area (Å²) in [7, 11) is 0. The molecule has 3 heterocycles. The predicted molar refractivity (Wildman–Crippen MR) is 112 cm³/mol. The molecule has 0 aliphatic heterocycles. The number of aryl methyl sites for hydroxylation is 2. The average molecular weight is 447 g/mol. The van der Waals surface area contributed by atoms with Gasteiger partial charge in [-0.1, -0.05) is 18.2 Å². The lowest BCUT2D eigenvalue weighted by Gasteiger charge is -2.12. The van der Waals surface area contributed by atoms with Crippen LogP contribution in [-0.4, -0.2) is 25.5 Å². The number of amides is 1. The van der Waals surface area contributed by atoms with Crippen molar-refractivity contribution in [3.8, 4) is 5.69 Å². The van der Waals surface area contributed by atoms with Gasteiger partial charge in [0.25, 0.3) is 5.91 Å². The topological polar surface area (TPSA) is 64.7 Å². The molecule has 0 spiro atoms. The fraction of sp³-hybridized carbons (Fsp3) is 0.286. The van der Waals surface area contributed by atoms with Crippen molar-refractivity contribution in [2.45, 2.75) is 39.5 Å². The molecule has 0 fully saturated rings. The Labute approximate surface area is 180 Å². The third-order valence-corrected chi connectivity index (χ3v) is 6.08. The van der Waals surface area contributed by atoms with Gasteiger partial charge in [0.05, 0.1) is 22.3 Å². The summed E-state index contributed by atoms with van der Waals surface area (Å²) in [5.74, 6) is -0.440. The van der Waals surface area contributed by atoms with E-state index in [9.17, 15) is 18.0 Å². The number of thiophene rings is 1. The number of carbonyl (C=O) groups is 1. The molecule has 0 radical (unpaired) electrons. The van der Waals surface area contributed by atoms with E-state index >= 15 is 0 Å². The summed E-state index contributed by atoms with van der Waals surface area (Å²) in [5.41, 5.74) is 1.15. The molecule has 1 unspecified atom stereocenters. The zero-order chi connectivity index (χ0) is 22.3. The Morgan fingerprint density at radius 2 is 1.94 bits per heavy atom. The zero-order valence-electron chi connectivity index (χ0n) is 17.1. The van der Waals surface area contributed by atoms with Crippen LogP contribution in [0.15, 0.2) is 42.6 Å². The van der Waals surface area contributed by atoms with Crippen molar-refractivity contribution in [1.29, 1.82) is 0 Å². The second kappa shape index (κ2) is 7.84. The SMILES string of the molecule is CCn1cc(C(C)NC(=O)c2cc3c(C(F)(F)F)nn(-c4ccccc4)c3s2)c(C)n1. The summed E-state index contributed by atoms with van der Waals surface area (Å²) in [6.07, 6.45) is -2.77. The molecule has 4 rings (SSSR count). The minimum Gasteiger partial charge on any atom is -0.345 e. The molecule has 0 aliphatic rings. The first-order chi connectivity index (χ1) is 14.7. The highest BCUT2D eigenvalue weighted by Gasteiger charge is 2.38. The minimum atomic E-state index is -4.63. The Morgan fingerprint density at radius 1 is 1.23 bits per heavy atom. The van der Waals surface area contributed by atoms with Gasteiger partial charge in [-0.3, -0.25) is 9.48 Å². The first-order valence-electron chi connectivity index (χ1n) is 9.69. The largest absolute Gasteiger partial charge is 0.435 e. The van der Waals surface area contributed by atoms with Gasteiger partial charge in [-0.05, 0) is 39.0 Å². The quantitative estimate of drug-likeness (QED) is 0.462. The number of para-hydroxylation sites is 1. The number of carbonyl (C=O) groups excluding carboxylic acids is 1. The van der Waals surface area contributed by atoms with Crippen LogP contribution in [0.3, 0.4) is 0 Å². The van der Waals surface area contributed by atoms with Crippen molar-refractivity contribution >= 4 is 27.5 Å². The normalized spacial score (nSPS) is 13.0. The molecule has 1 amide bonds. The molecule has 0 bridgehead atoms. The van der Waals surface area contributed by atoms with Crippen molar-refractivity contribution in [2.24, 2.45) is 0 Å². The van der Waals surface area contributed by atoms with Crippen LogP contribution in [-0.2, 0) is 12.7 Å². The summed E-state index contributed by atoms with van der Waals surface area (Å²) in [4.78, 5) is 13.3. The Kier molecular flexibility index (Phi) is 5.34. The lowest BCUT2D eigenvalue weighted by Crippen LogP contribution is -2.26. The Hall–Kier alpha value is -3.14. The molecular formula is C21H20F3N5OS. The molecule has 0 saturated heterocycles. The molecular weight excluding hydrogens is 427 g/mol. The molecule has 4 aromatic rings. The van der Waals surface area contributed by atoms with E-state index in [1.54, 1.807) is 35.0 Å². The number of nitrogens with zero attached hydrogens (tertiary/aromatic N) is 4. The van der Waals surface area contributed by atoms with E-state index in [2.05, 4.69) is 15.5 Å². The number of benzene rings is 1. The van der Waals surface area contributed by atoms with Gasteiger partial charge in [-0.15, -0.1) is 11.3 Å². The van der Waals surface area contributed by atoms with Crippen molar-refractivity contribution in [3.05, 3.63) is 64.4 Å².